The Hall–Kier alpha value is -3.60. The maximum atomic E-state index is 14.4. The third-order valence-electron chi connectivity index (χ3n) is 6.72. The molecule has 0 radical (unpaired) electrons. The first kappa shape index (κ1) is 21.9. The number of hydrogen-bond acceptors (Lipinski definition) is 2. The molecule has 0 saturated carbocycles. The van der Waals surface area contributed by atoms with E-state index >= 15 is 0 Å². The van der Waals surface area contributed by atoms with Crippen molar-refractivity contribution in [3.05, 3.63) is 113 Å². The molecule has 2 aromatic heterocycles. The first-order valence-corrected chi connectivity index (χ1v) is 13.3. The van der Waals surface area contributed by atoms with E-state index in [1.54, 1.807) is 12.1 Å². The van der Waals surface area contributed by atoms with Crippen LogP contribution in [0.25, 0.3) is 38.4 Å². The molecule has 6 aromatic rings. The lowest BCUT2D eigenvalue weighted by Gasteiger charge is -2.19. The van der Waals surface area contributed by atoms with Crippen LogP contribution in [0.15, 0.2) is 107 Å². The second kappa shape index (κ2) is 7.98. The molecule has 0 spiro atoms. The summed E-state index contributed by atoms with van der Waals surface area (Å²) >= 11 is 6.75. The fourth-order valence-electron chi connectivity index (χ4n) is 5.08. The summed E-state index contributed by atoms with van der Waals surface area (Å²) in [5.74, 6) is 0. The monoisotopic (exact) mass is 495 g/mol. The van der Waals surface area contributed by atoms with Crippen molar-refractivity contribution in [3.8, 4) is 11.1 Å². The summed E-state index contributed by atoms with van der Waals surface area (Å²) in [5, 5.41) is 2.25. The minimum absolute atomic E-state index is 0.264. The second-order valence-electron chi connectivity index (χ2n) is 8.84. The van der Waals surface area contributed by atoms with Gasteiger partial charge in [0.1, 0.15) is 0 Å². The van der Waals surface area contributed by atoms with Crippen LogP contribution in [-0.4, -0.2) is 12.8 Å². The predicted octanol–water partition coefficient (Wildman–Crippen LogP) is 8.02. The number of benzene rings is 4. The number of nitrogens with zero attached hydrogens (tertiary/aromatic N) is 1. The van der Waals surface area contributed by atoms with Crippen LogP contribution in [0.5, 0.6) is 0 Å². The van der Waals surface area contributed by atoms with Crippen molar-refractivity contribution < 1.29 is 8.42 Å². The highest BCUT2D eigenvalue weighted by atomic mass is 35.5. The van der Waals surface area contributed by atoms with Gasteiger partial charge in [0.25, 0.3) is 0 Å². The lowest BCUT2D eigenvalue weighted by atomic mass is 10.0. The zero-order valence-electron chi connectivity index (χ0n) is 19.3. The van der Waals surface area contributed by atoms with Crippen molar-refractivity contribution in [2.24, 2.45) is 0 Å². The number of rotatable bonds is 3. The summed E-state index contributed by atoms with van der Waals surface area (Å²) in [6.45, 7) is 4.00. The summed E-state index contributed by atoms with van der Waals surface area (Å²) in [6, 6.07) is 30.4. The van der Waals surface area contributed by atoms with Crippen LogP contribution >= 0.6 is 11.6 Å². The molecule has 35 heavy (non-hydrogen) atoms. The van der Waals surface area contributed by atoms with E-state index in [0.717, 1.165) is 33.1 Å². The van der Waals surface area contributed by atoms with E-state index in [9.17, 15) is 8.42 Å². The fourth-order valence-corrected chi connectivity index (χ4v) is 6.98. The number of para-hydroxylation sites is 2. The minimum atomic E-state index is -3.90. The van der Waals surface area contributed by atoms with Gasteiger partial charge in [-0.15, -0.1) is 0 Å². The van der Waals surface area contributed by atoms with E-state index in [-0.39, 0.29) is 9.79 Å². The van der Waals surface area contributed by atoms with E-state index in [1.807, 2.05) is 79.7 Å². The molecule has 0 aliphatic rings. The van der Waals surface area contributed by atoms with Gasteiger partial charge in [-0.25, -0.2) is 8.42 Å². The molecule has 0 saturated heterocycles. The number of hydrogen-bond donors (Lipinski definition) is 0. The number of fused-ring (bicyclic) bond motifs is 5. The molecule has 0 atom stereocenters. The van der Waals surface area contributed by atoms with Gasteiger partial charge in [0.05, 0.1) is 26.3 Å². The second-order valence-corrected chi connectivity index (χ2v) is 11.1. The first-order chi connectivity index (χ1) is 16.9. The van der Waals surface area contributed by atoms with Gasteiger partial charge in [-0.2, -0.15) is 0 Å². The highest BCUT2D eigenvalue weighted by Gasteiger charge is 2.30. The van der Waals surface area contributed by atoms with Crippen LogP contribution in [0.3, 0.4) is 0 Å². The van der Waals surface area contributed by atoms with E-state index < -0.39 is 9.84 Å². The number of sulfone groups is 1. The third-order valence-corrected chi connectivity index (χ3v) is 8.91. The van der Waals surface area contributed by atoms with Crippen LogP contribution in [-0.2, 0) is 9.84 Å². The molecule has 0 unspecified atom stereocenters. The van der Waals surface area contributed by atoms with Crippen LogP contribution < -0.4 is 0 Å². The number of aromatic nitrogens is 1. The van der Waals surface area contributed by atoms with E-state index in [0.29, 0.717) is 21.5 Å². The predicted molar refractivity (Wildman–Crippen MR) is 144 cm³/mol. The topological polar surface area (TPSA) is 38.5 Å². The average Bonchev–Trinajstić information content (AvgIpc) is 3.17. The normalized spacial score (nSPS) is 12.1. The number of pyridine rings is 1. The van der Waals surface area contributed by atoms with Gasteiger partial charge in [0, 0.05) is 26.9 Å². The van der Waals surface area contributed by atoms with Crippen molar-refractivity contribution in [1.29, 1.82) is 0 Å². The van der Waals surface area contributed by atoms with Gasteiger partial charge in [-0.05, 0) is 49.7 Å². The third kappa shape index (κ3) is 3.21. The molecular formula is C30H22ClNO2S. The Morgan fingerprint density at radius 3 is 1.94 bits per heavy atom. The van der Waals surface area contributed by atoms with Crippen molar-refractivity contribution in [1.82, 2.24) is 4.40 Å². The van der Waals surface area contributed by atoms with Crippen molar-refractivity contribution in [3.63, 3.8) is 0 Å². The molecule has 0 aliphatic carbocycles. The Labute approximate surface area is 209 Å². The van der Waals surface area contributed by atoms with Crippen LogP contribution in [0.4, 0.5) is 0 Å². The molecule has 3 nitrogen and oxygen atoms in total. The van der Waals surface area contributed by atoms with E-state index in [1.165, 1.54) is 0 Å². The molecule has 6 rings (SSSR count). The highest BCUT2D eigenvalue weighted by Crippen LogP contribution is 2.45. The number of halogens is 1. The van der Waals surface area contributed by atoms with Gasteiger partial charge in [-0.1, -0.05) is 83.9 Å². The van der Waals surface area contributed by atoms with E-state index in [4.69, 9.17) is 11.6 Å². The summed E-state index contributed by atoms with van der Waals surface area (Å²) in [6.07, 6.45) is 0. The van der Waals surface area contributed by atoms with E-state index in [2.05, 4.69) is 23.5 Å². The molecule has 0 amide bonds. The van der Waals surface area contributed by atoms with Crippen molar-refractivity contribution in [2.45, 2.75) is 23.6 Å². The molecule has 2 heterocycles. The maximum Gasteiger partial charge on any atom is 0.207 e. The lowest BCUT2D eigenvalue weighted by Crippen LogP contribution is -2.08. The lowest BCUT2D eigenvalue weighted by molar-refractivity contribution is 0.597. The Morgan fingerprint density at radius 2 is 1.26 bits per heavy atom. The molecule has 172 valence electrons. The molecule has 0 N–H and O–H groups in total. The summed E-state index contributed by atoms with van der Waals surface area (Å²) in [5.41, 5.74) is 6.07. The van der Waals surface area contributed by atoms with Gasteiger partial charge in [0.15, 0.2) is 0 Å². The van der Waals surface area contributed by atoms with Gasteiger partial charge >= 0.3 is 0 Å². The van der Waals surface area contributed by atoms with Gasteiger partial charge in [-0.3, -0.25) is 0 Å². The summed E-state index contributed by atoms with van der Waals surface area (Å²) in [4.78, 5) is 0.545. The van der Waals surface area contributed by atoms with Crippen molar-refractivity contribution >= 4 is 48.8 Å². The summed E-state index contributed by atoms with van der Waals surface area (Å²) < 4.78 is 30.9. The standard InChI is InChI=1S/C30H22ClNO2S/c1-19-15-17-21(18-16-19)35(33,34)30-24-11-5-8-14-27(24)32-26-13-7-4-9-22(26)20(2)29(32)28(30)23-10-3-6-12-25(23)31/h3-18H,1-2H3. The molecule has 5 heteroatoms. The Kier molecular flexibility index (Phi) is 4.99. The maximum absolute atomic E-state index is 14.4. The first-order valence-electron chi connectivity index (χ1n) is 11.4. The van der Waals surface area contributed by atoms with Crippen molar-refractivity contribution in [2.75, 3.05) is 0 Å². The fraction of sp³-hybridized carbons (Fsp3) is 0.0667. The Bertz CT molecular complexity index is 1880. The van der Waals surface area contributed by atoms with Gasteiger partial charge in [0.2, 0.25) is 9.84 Å². The zero-order valence-corrected chi connectivity index (χ0v) is 20.9. The Morgan fingerprint density at radius 1 is 0.686 bits per heavy atom. The van der Waals surface area contributed by atoms with Crippen LogP contribution in [0.2, 0.25) is 5.02 Å². The zero-order chi connectivity index (χ0) is 24.3. The minimum Gasteiger partial charge on any atom is -0.308 e. The summed E-state index contributed by atoms with van der Waals surface area (Å²) in [7, 11) is -3.90. The SMILES string of the molecule is Cc1ccc(S(=O)(=O)c2c(-c3ccccc3Cl)c3c(C)c4ccccc4n3c3ccccc23)cc1. The molecule has 4 aromatic carbocycles. The molecule has 0 fully saturated rings. The highest BCUT2D eigenvalue weighted by molar-refractivity contribution is 7.92. The van der Waals surface area contributed by atoms with Crippen LogP contribution in [0.1, 0.15) is 11.1 Å². The Balaban J connectivity index is 1.93. The largest absolute Gasteiger partial charge is 0.308 e. The van der Waals surface area contributed by atoms with Crippen LogP contribution in [0, 0.1) is 13.8 Å². The van der Waals surface area contributed by atoms with Gasteiger partial charge < -0.3 is 4.40 Å². The molecular weight excluding hydrogens is 474 g/mol. The number of aryl methyl sites for hydroxylation is 2. The quantitative estimate of drug-likeness (QED) is 0.249. The smallest absolute Gasteiger partial charge is 0.207 e. The average molecular weight is 496 g/mol. The molecule has 0 aliphatic heterocycles. The molecule has 0 bridgehead atoms.